The van der Waals surface area contributed by atoms with Crippen LogP contribution in [0.25, 0.3) is 11.3 Å². The summed E-state index contributed by atoms with van der Waals surface area (Å²) in [5.41, 5.74) is 6.36. The van der Waals surface area contributed by atoms with Crippen LogP contribution in [0.15, 0.2) is 41.8 Å². The average molecular weight is 607 g/mol. The van der Waals surface area contributed by atoms with Crippen LogP contribution < -0.4 is 9.64 Å². The lowest BCUT2D eigenvalue weighted by atomic mass is 9.94. The number of aryl methyl sites for hydroxylation is 2. The topological polar surface area (TPSA) is 89.4 Å². The predicted octanol–water partition coefficient (Wildman–Crippen LogP) is 5.22. The van der Waals surface area contributed by atoms with Gasteiger partial charge in [0.15, 0.2) is 11.4 Å². The van der Waals surface area contributed by atoms with Gasteiger partial charge in [0.2, 0.25) is 5.91 Å². The Kier molecular flexibility index (Phi) is 9.76. The van der Waals surface area contributed by atoms with Gasteiger partial charge in [-0.15, -0.1) is 11.3 Å². The maximum Gasteiger partial charge on any atom is 0.228 e. The second-order valence-electron chi connectivity index (χ2n) is 13.1. The van der Waals surface area contributed by atoms with Crippen LogP contribution >= 0.6 is 11.3 Å². The zero-order chi connectivity index (χ0) is 30.7. The molecule has 2 N–H and O–H groups in total. The number of carbonyl (C=O) groups excluding carboxylic acids is 1. The highest BCUT2D eigenvalue weighted by Crippen LogP contribution is 2.36. The number of hydrogen-bond acceptors (Lipinski definition) is 8. The molecule has 43 heavy (non-hydrogen) atoms. The molecule has 3 heterocycles. The van der Waals surface area contributed by atoms with E-state index in [-0.39, 0.29) is 17.2 Å². The molecule has 0 bridgehead atoms. The van der Waals surface area contributed by atoms with Gasteiger partial charge in [-0.2, -0.15) is 0 Å². The van der Waals surface area contributed by atoms with E-state index >= 15 is 0 Å². The van der Waals surface area contributed by atoms with Gasteiger partial charge in [0.1, 0.15) is 12.4 Å². The first kappa shape index (κ1) is 31.4. The van der Waals surface area contributed by atoms with Crippen LogP contribution in [-0.2, 0) is 17.9 Å². The van der Waals surface area contributed by atoms with Crippen LogP contribution in [0.2, 0.25) is 0 Å². The number of amides is 1. The average Bonchev–Trinajstić information content (AvgIpc) is 3.47. The molecule has 2 fully saturated rings. The monoisotopic (exact) mass is 606 g/mol. The van der Waals surface area contributed by atoms with Gasteiger partial charge >= 0.3 is 0 Å². The Balaban J connectivity index is 1.19. The van der Waals surface area contributed by atoms with Gasteiger partial charge in [0, 0.05) is 68.1 Å². The molecule has 2 saturated heterocycles. The summed E-state index contributed by atoms with van der Waals surface area (Å²) in [6.07, 6.45) is 0.255. The van der Waals surface area contributed by atoms with E-state index in [1.807, 2.05) is 31.7 Å². The summed E-state index contributed by atoms with van der Waals surface area (Å²) in [6.45, 7) is 16.4. The highest BCUT2D eigenvalue weighted by molar-refractivity contribution is 7.14. The molecule has 2 aliphatic heterocycles. The minimum Gasteiger partial charge on any atom is -0.488 e. The number of anilines is 1. The van der Waals surface area contributed by atoms with E-state index in [0.29, 0.717) is 6.61 Å². The smallest absolute Gasteiger partial charge is 0.228 e. The van der Waals surface area contributed by atoms with Crippen molar-refractivity contribution in [3.63, 3.8) is 0 Å². The minimum absolute atomic E-state index is 0.0639. The fraction of sp³-hybridized carbons (Fsp3) is 0.529. The van der Waals surface area contributed by atoms with Gasteiger partial charge in [-0.25, -0.2) is 4.98 Å². The molecule has 232 valence electrons. The summed E-state index contributed by atoms with van der Waals surface area (Å²) in [5.74, 6) is 0.988. The Morgan fingerprint density at radius 1 is 1.02 bits per heavy atom. The zero-order valence-corrected chi connectivity index (χ0v) is 27.0. The number of aliphatic hydroxyl groups is 2. The molecule has 0 atom stereocenters. The number of ether oxygens (including phenoxy) is 1. The van der Waals surface area contributed by atoms with Crippen LogP contribution in [0.5, 0.6) is 5.75 Å². The van der Waals surface area contributed by atoms with Crippen LogP contribution in [0.4, 0.5) is 5.13 Å². The molecule has 2 aromatic carbocycles. The van der Waals surface area contributed by atoms with E-state index in [4.69, 9.17) is 9.72 Å². The van der Waals surface area contributed by atoms with E-state index in [1.54, 1.807) is 11.3 Å². The third-order valence-corrected chi connectivity index (χ3v) is 9.53. The number of carbonyl (C=O) groups is 1. The molecule has 5 rings (SSSR count). The largest absolute Gasteiger partial charge is 0.488 e. The van der Waals surface area contributed by atoms with Gasteiger partial charge in [-0.05, 0) is 55.5 Å². The van der Waals surface area contributed by atoms with Crippen molar-refractivity contribution in [2.75, 3.05) is 44.2 Å². The van der Waals surface area contributed by atoms with Crippen molar-refractivity contribution in [3.05, 3.63) is 64.0 Å². The normalized spacial score (nSPS) is 17.1. The number of aromatic nitrogens is 1. The van der Waals surface area contributed by atoms with Crippen molar-refractivity contribution in [2.24, 2.45) is 11.3 Å². The Bertz CT molecular complexity index is 1400. The number of benzene rings is 2. The van der Waals surface area contributed by atoms with Crippen LogP contribution in [0, 0.1) is 25.2 Å². The van der Waals surface area contributed by atoms with Gasteiger partial charge in [0.05, 0.1) is 5.69 Å². The maximum absolute atomic E-state index is 12.6. The van der Waals surface area contributed by atoms with Crippen molar-refractivity contribution in [1.82, 2.24) is 14.8 Å². The molecule has 1 amide bonds. The quantitative estimate of drug-likeness (QED) is 0.340. The van der Waals surface area contributed by atoms with Crippen molar-refractivity contribution in [3.8, 4) is 17.0 Å². The molecule has 0 radical (unpaired) electrons. The molecular weight excluding hydrogens is 560 g/mol. The Morgan fingerprint density at radius 2 is 1.74 bits per heavy atom. The predicted molar refractivity (Wildman–Crippen MR) is 172 cm³/mol. The minimum atomic E-state index is -1.24. The molecule has 0 spiro atoms. The van der Waals surface area contributed by atoms with Gasteiger partial charge in [0.25, 0.3) is 0 Å². The summed E-state index contributed by atoms with van der Waals surface area (Å²) in [5, 5.41) is 22.1. The molecule has 9 heteroatoms. The number of aliphatic hydroxyl groups excluding tert-OH is 1. The fourth-order valence-corrected chi connectivity index (χ4v) is 6.79. The summed E-state index contributed by atoms with van der Waals surface area (Å²) in [6, 6.07) is 12.9. The van der Waals surface area contributed by atoms with Gasteiger partial charge in [-0.1, -0.05) is 50.6 Å². The van der Waals surface area contributed by atoms with Crippen LogP contribution in [0.1, 0.15) is 55.9 Å². The van der Waals surface area contributed by atoms with Crippen molar-refractivity contribution in [1.29, 1.82) is 0 Å². The molecule has 2 aliphatic rings. The van der Waals surface area contributed by atoms with E-state index < -0.39 is 6.29 Å². The number of piperidine rings is 1. The van der Waals surface area contributed by atoms with Gasteiger partial charge < -0.3 is 24.7 Å². The number of rotatable bonds is 8. The fourth-order valence-electron chi connectivity index (χ4n) is 5.91. The lowest BCUT2D eigenvalue weighted by Gasteiger charge is -2.37. The third kappa shape index (κ3) is 7.76. The summed E-state index contributed by atoms with van der Waals surface area (Å²) < 4.78 is 6.41. The second kappa shape index (κ2) is 13.3. The Labute approximate surface area is 259 Å². The zero-order valence-electron chi connectivity index (χ0n) is 26.2. The first-order chi connectivity index (χ1) is 20.5. The number of piperazine rings is 1. The summed E-state index contributed by atoms with van der Waals surface area (Å²) >= 11 is 1.62. The number of hydrogen-bond donors (Lipinski definition) is 2. The van der Waals surface area contributed by atoms with Crippen molar-refractivity contribution < 1.29 is 19.7 Å². The summed E-state index contributed by atoms with van der Waals surface area (Å²) in [7, 11) is 0. The second-order valence-corrected chi connectivity index (χ2v) is 14.0. The SMILES string of the molecule is Cc1ccc(OCc2ccc(CN3CCN(C(=O)C(C)(C)C)CC3)cc2C)c(-c2csc(N3CCC(C(O)O)CC3)n2)c1. The van der Waals surface area contributed by atoms with E-state index in [1.165, 1.54) is 11.1 Å². The highest BCUT2D eigenvalue weighted by atomic mass is 32.1. The molecule has 0 unspecified atom stereocenters. The first-order valence-corrected chi connectivity index (χ1v) is 16.3. The molecule has 0 aliphatic carbocycles. The lowest BCUT2D eigenvalue weighted by molar-refractivity contribution is -0.141. The Morgan fingerprint density at radius 3 is 2.40 bits per heavy atom. The van der Waals surface area contributed by atoms with E-state index in [9.17, 15) is 15.0 Å². The molecule has 0 saturated carbocycles. The number of thiazole rings is 1. The van der Waals surface area contributed by atoms with Crippen molar-refractivity contribution >= 4 is 22.4 Å². The molecule has 3 aromatic rings. The number of nitrogens with zero attached hydrogens (tertiary/aromatic N) is 4. The van der Waals surface area contributed by atoms with Crippen molar-refractivity contribution in [2.45, 2.75) is 66.9 Å². The lowest BCUT2D eigenvalue weighted by Crippen LogP contribution is -2.51. The van der Waals surface area contributed by atoms with E-state index in [0.717, 1.165) is 91.9 Å². The van der Waals surface area contributed by atoms with E-state index in [2.05, 4.69) is 59.4 Å². The summed E-state index contributed by atoms with van der Waals surface area (Å²) in [4.78, 5) is 24.2. The molecular formula is C34H46N4O4S. The van der Waals surface area contributed by atoms with Gasteiger partial charge in [-0.3, -0.25) is 9.69 Å². The highest BCUT2D eigenvalue weighted by Gasteiger charge is 2.30. The van der Waals surface area contributed by atoms with Crippen LogP contribution in [-0.4, -0.2) is 76.5 Å². The maximum atomic E-state index is 12.6. The first-order valence-electron chi connectivity index (χ1n) is 15.4. The van der Waals surface area contributed by atoms with Crippen LogP contribution in [0.3, 0.4) is 0 Å². The molecule has 8 nitrogen and oxygen atoms in total. The standard InChI is InChI=1S/C34H46N4O4S/c1-23-6-9-30(28(18-23)29-22-43-33(35-29)38-12-10-26(11-13-38)31(39)40)42-21-27-8-7-25(19-24(27)2)20-36-14-16-37(17-15-36)32(41)34(3,4)5/h6-9,18-19,22,26,31,39-40H,10-17,20-21H2,1-5H3. The molecule has 1 aromatic heterocycles. The Hall–Kier alpha value is -2.98. The third-order valence-electron chi connectivity index (χ3n) is 8.63.